The minimum atomic E-state index is -0.279. The molecule has 0 spiro atoms. The first-order chi connectivity index (χ1) is 12.0. The second kappa shape index (κ2) is 7.35. The van der Waals surface area contributed by atoms with E-state index in [9.17, 15) is 9.18 Å². The largest absolute Gasteiger partial charge is 0.441 e. The molecule has 1 aliphatic rings. The predicted molar refractivity (Wildman–Crippen MR) is 93.3 cm³/mol. The summed E-state index contributed by atoms with van der Waals surface area (Å²) in [5.74, 6) is 1.61. The Labute approximate surface area is 147 Å². The third kappa shape index (κ3) is 4.07. The molecule has 0 radical (unpaired) electrons. The average molecular weight is 345 g/mol. The number of carbonyl (C=O) groups excluding carboxylic acids is 1. The molecule has 3 rings (SSSR count). The molecular formula is C19H24FN3O2. The minimum absolute atomic E-state index is 0.247. The molecular weight excluding hydrogens is 321 g/mol. The van der Waals surface area contributed by atoms with Gasteiger partial charge in [0, 0.05) is 38.2 Å². The Hall–Kier alpha value is -2.21. The van der Waals surface area contributed by atoms with Gasteiger partial charge >= 0.3 is 0 Å². The standard InChI is InChI=1S/C19H24FN3O2/c1-4-23-11-14(9-18(23)24)10-22(3)12-17-13(2)25-19(21-17)15-5-7-16(20)8-6-15/h5-8,14H,4,9-12H2,1-3H3. The van der Waals surface area contributed by atoms with Gasteiger partial charge in [0.25, 0.3) is 0 Å². The number of carbonyl (C=O) groups is 1. The summed E-state index contributed by atoms with van der Waals surface area (Å²) in [6.45, 7) is 7.02. The molecule has 1 atom stereocenters. The first-order valence-corrected chi connectivity index (χ1v) is 8.64. The molecule has 25 heavy (non-hydrogen) atoms. The molecule has 1 aromatic heterocycles. The predicted octanol–water partition coefficient (Wildman–Crippen LogP) is 3.09. The number of likely N-dealkylation sites (tertiary alicyclic amines) is 1. The van der Waals surface area contributed by atoms with Crippen molar-refractivity contribution in [1.29, 1.82) is 0 Å². The normalized spacial score (nSPS) is 17.7. The third-order valence-corrected chi connectivity index (χ3v) is 4.65. The number of hydrogen-bond acceptors (Lipinski definition) is 4. The summed E-state index contributed by atoms with van der Waals surface area (Å²) in [6.07, 6.45) is 0.622. The van der Waals surface area contributed by atoms with E-state index in [0.29, 0.717) is 24.8 Å². The molecule has 1 unspecified atom stereocenters. The van der Waals surface area contributed by atoms with E-state index >= 15 is 0 Å². The van der Waals surface area contributed by atoms with Crippen molar-refractivity contribution in [3.8, 4) is 11.5 Å². The Bertz CT molecular complexity index is 742. The van der Waals surface area contributed by atoms with E-state index in [4.69, 9.17) is 4.42 Å². The van der Waals surface area contributed by atoms with Gasteiger partial charge in [-0.3, -0.25) is 4.79 Å². The van der Waals surface area contributed by atoms with Crippen LogP contribution in [0.2, 0.25) is 0 Å². The van der Waals surface area contributed by atoms with Crippen molar-refractivity contribution in [2.24, 2.45) is 5.92 Å². The molecule has 2 heterocycles. The Kier molecular flexibility index (Phi) is 5.18. The lowest BCUT2D eigenvalue weighted by molar-refractivity contribution is -0.127. The van der Waals surface area contributed by atoms with Gasteiger partial charge in [-0.2, -0.15) is 0 Å². The van der Waals surface area contributed by atoms with E-state index in [2.05, 4.69) is 9.88 Å². The van der Waals surface area contributed by atoms with Crippen LogP contribution in [0.5, 0.6) is 0 Å². The number of aromatic nitrogens is 1. The van der Waals surface area contributed by atoms with Crippen LogP contribution in [-0.4, -0.2) is 47.4 Å². The summed E-state index contributed by atoms with van der Waals surface area (Å²) in [5.41, 5.74) is 1.64. The topological polar surface area (TPSA) is 49.6 Å². The van der Waals surface area contributed by atoms with Gasteiger partial charge in [0.2, 0.25) is 11.8 Å². The van der Waals surface area contributed by atoms with Crippen molar-refractivity contribution in [3.05, 3.63) is 41.5 Å². The van der Waals surface area contributed by atoms with Crippen molar-refractivity contribution < 1.29 is 13.6 Å². The first kappa shape index (κ1) is 17.6. The van der Waals surface area contributed by atoms with Crippen molar-refractivity contribution in [2.45, 2.75) is 26.8 Å². The van der Waals surface area contributed by atoms with Crippen molar-refractivity contribution >= 4 is 5.91 Å². The van der Waals surface area contributed by atoms with E-state index in [-0.39, 0.29) is 11.7 Å². The maximum Gasteiger partial charge on any atom is 0.226 e. The van der Waals surface area contributed by atoms with E-state index in [1.165, 1.54) is 12.1 Å². The molecule has 6 heteroatoms. The van der Waals surface area contributed by atoms with Gasteiger partial charge in [0.05, 0.1) is 5.69 Å². The lowest BCUT2D eigenvalue weighted by atomic mass is 10.1. The molecule has 0 saturated carbocycles. The molecule has 1 aromatic carbocycles. The Balaban J connectivity index is 1.63. The van der Waals surface area contributed by atoms with Gasteiger partial charge < -0.3 is 14.2 Å². The molecule has 2 aromatic rings. The van der Waals surface area contributed by atoms with Crippen molar-refractivity contribution in [2.75, 3.05) is 26.7 Å². The quantitative estimate of drug-likeness (QED) is 0.807. The number of amides is 1. The van der Waals surface area contributed by atoms with Crippen LogP contribution in [0, 0.1) is 18.7 Å². The molecule has 1 amide bonds. The van der Waals surface area contributed by atoms with Gasteiger partial charge in [-0.25, -0.2) is 9.37 Å². The zero-order valence-electron chi connectivity index (χ0n) is 15.0. The van der Waals surface area contributed by atoms with Crippen LogP contribution in [0.15, 0.2) is 28.7 Å². The van der Waals surface area contributed by atoms with Crippen molar-refractivity contribution in [3.63, 3.8) is 0 Å². The SMILES string of the molecule is CCN1CC(CN(C)Cc2nc(-c3ccc(F)cc3)oc2C)CC1=O. The summed E-state index contributed by atoms with van der Waals surface area (Å²) in [4.78, 5) is 20.5. The number of halogens is 1. The van der Waals surface area contributed by atoms with Crippen LogP contribution in [0.1, 0.15) is 24.8 Å². The monoisotopic (exact) mass is 345 g/mol. The molecule has 0 aliphatic carbocycles. The zero-order chi connectivity index (χ0) is 18.0. The van der Waals surface area contributed by atoms with E-state index in [1.807, 2.05) is 25.8 Å². The van der Waals surface area contributed by atoms with Crippen molar-refractivity contribution in [1.82, 2.24) is 14.8 Å². The first-order valence-electron chi connectivity index (χ1n) is 8.64. The van der Waals surface area contributed by atoms with E-state index in [1.54, 1.807) is 12.1 Å². The summed E-state index contributed by atoms with van der Waals surface area (Å²) in [5, 5.41) is 0. The average Bonchev–Trinajstić information content (AvgIpc) is 3.10. The van der Waals surface area contributed by atoms with Crippen LogP contribution in [-0.2, 0) is 11.3 Å². The summed E-state index contributed by atoms with van der Waals surface area (Å²) < 4.78 is 18.8. The van der Waals surface area contributed by atoms with Gasteiger partial charge in [0.15, 0.2) is 0 Å². The van der Waals surface area contributed by atoms with Crippen LogP contribution in [0.25, 0.3) is 11.5 Å². The highest BCUT2D eigenvalue weighted by Gasteiger charge is 2.29. The number of rotatable bonds is 6. The van der Waals surface area contributed by atoms with E-state index in [0.717, 1.165) is 36.7 Å². The molecule has 1 fully saturated rings. The Morgan fingerprint density at radius 2 is 2.08 bits per heavy atom. The van der Waals surface area contributed by atoms with Crippen LogP contribution >= 0.6 is 0 Å². The number of benzene rings is 1. The highest BCUT2D eigenvalue weighted by atomic mass is 19.1. The van der Waals surface area contributed by atoms with Gasteiger partial charge in [-0.05, 0) is 51.1 Å². The fraction of sp³-hybridized carbons (Fsp3) is 0.474. The summed E-state index contributed by atoms with van der Waals surface area (Å²) in [7, 11) is 2.03. The molecule has 134 valence electrons. The van der Waals surface area contributed by atoms with Crippen LogP contribution in [0.4, 0.5) is 4.39 Å². The summed E-state index contributed by atoms with van der Waals surface area (Å²) in [6, 6.07) is 6.13. The Morgan fingerprint density at radius 3 is 2.72 bits per heavy atom. The highest BCUT2D eigenvalue weighted by Crippen LogP contribution is 2.24. The second-order valence-corrected chi connectivity index (χ2v) is 6.73. The molecule has 0 N–H and O–H groups in total. The van der Waals surface area contributed by atoms with Gasteiger partial charge in [0.1, 0.15) is 11.6 Å². The minimum Gasteiger partial charge on any atom is -0.441 e. The molecule has 1 aliphatic heterocycles. The number of aryl methyl sites for hydroxylation is 1. The smallest absolute Gasteiger partial charge is 0.226 e. The van der Waals surface area contributed by atoms with E-state index < -0.39 is 0 Å². The molecule has 5 nitrogen and oxygen atoms in total. The lowest BCUT2D eigenvalue weighted by Crippen LogP contribution is -2.28. The maximum absolute atomic E-state index is 13.0. The third-order valence-electron chi connectivity index (χ3n) is 4.65. The highest BCUT2D eigenvalue weighted by molar-refractivity contribution is 5.78. The number of oxazole rings is 1. The fourth-order valence-corrected chi connectivity index (χ4v) is 3.33. The number of hydrogen-bond donors (Lipinski definition) is 0. The Morgan fingerprint density at radius 1 is 1.36 bits per heavy atom. The summed E-state index contributed by atoms with van der Waals surface area (Å²) >= 11 is 0. The van der Waals surface area contributed by atoms with Crippen LogP contribution < -0.4 is 0 Å². The zero-order valence-corrected chi connectivity index (χ0v) is 15.0. The fourth-order valence-electron chi connectivity index (χ4n) is 3.33. The van der Waals surface area contributed by atoms with Gasteiger partial charge in [-0.1, -0.05) is 0 Å². The number of nitrogens with zero attached hydrogens (tertiary/aromatic N) is 3. The maximum atomic E-state index is 13.0. The molecule has 1 saturated heterocycles. The van der Waals surface area contributed by atoms with Crippen LogP contribution in [0.3, 0.4) is 0 Å². The second-order valence-electron chi connectivity index (χ2n) is 6.73. The molecule has 0 bridgehead atoms. The van der Waals surface area contributed by atoms with Gasteiger partial charge in [-0.15, -0.1) is 0 Å². The lowest BCUT2D eigenvalue weighted by Gasteiger charge is -2.20.